The van der Waals surface area contributed by atoms with E-state index in [2.05, 4.69) is 4.98 Å². The molecule has 25 heavy (non-hydrogen) atoms. The number of likely N-dealkylation sites (tertiary alicyclic amines) is 1. The predicted molar refractivity (Wildman–Crippen MR) is 98.7 cm³/mol. The van der Waals surface area contributed by atoms with Gasteiger partial charge in [0.05, 0.1) is 22.7 Å². The van der Waals surface area contributed by atoms with Gasteiger partial charge in [0.15, 0.2) is 0 Å². The number of rotatable bonds is 3. The van der Waals surface area contributed by atoms with Gasteiger partial charge in [0.1, 0.15) is 5.60 Å². The number of nitrogens with zero attached hydrogens (tertiary/aromatic N) is 3. The molecule has 0 aromatic carbocycles. The lowest BCUT2D eigenvalue weighted by Crippen LogP contribution is -2.38. The zero-order valence-corrected chi connectivity index (χ0v) is 17.1. The Morgan fingerprint density at radius 3 is 2.52 bits per heavy atom. The molecule has 2 rings (SSSR count). The molecule has 0 N–H and O–H groups in total. The van der Waals surface area contributed by atoms with Gasteiger partial charge in [-0.2, -0.15) is 0 Å². The second-order valence-electron chi connectivity index (χ2n) is 7.72. The highest BCUT2D eigenvalue weighted by atomic mass is 32.1. The molecule has 140 valence electrons. The molecule has 1 aliphatic heterocycles. The highest BCUT2D eigenvalue weighted by molar-refractivity contribution is 7.11. The van der Waals surface area contributed by atoms with Crippen LogP contribution < -0.4 is 0 Å². The molecule has 1 aromatic rings. The quantitative estimate of drug-likeness (QED) is 0.820. The molecule has 0 bridgehead atoms. The predicted octanol–water partition coefficient (Wildman–Crippen LogP) is 3.54. The van der Waals surface area contributed by atoms with E-state index < -0.39 is 5.60 Å². The highest BCUT2D eigenvalue weighted by Gasteiger charge is 2.36. The highest BCUT2D eigenvalue weighted by Crippen LogP contribution is 2.30. The average molecular weight is 368 g/mol. The van der Waals surface area contributed by atoms with Gasteiger partial charge in [-0.05, 0) is 48.0 Å². The maximum Gasteiger partial charge on any atom is 0.410 e. The Labute approximate surface area is 154 Å². The van der Waals surface area contributed by atoms with E-state index in [1.807, 2.05) is 48.6 Å². The van der Waals surface area contributed by atoms with E-state index in [1.54, 1.807) is 21.1 Å². The standard InChI is InChI=1S/C18H29N3O3S/c1-11-15(25-13(3)19-11)12(2)20(7)16(22)14-8-9-21(10-14)17(23)24-18(4,5)6/h12,14H,8-10H2,1-7H3. The maximum absolute atomic E-state index is 12.9. The van der Waals surface area contributed by atoms with Crippen LogP contribution in [0.3, 0.4) is 0 Å². The number of aromatic nitrogens is 1. The fraction of sp³-hybridized carbons (Fsp3) is 0.722. The first-order valence-corrected chi connectivity index (χ1v) is 9.49. The molecule has 0 saturated carbocycles. The Hall–Kier alpha value is -1.63. The van der Waals surface area contributed by atoms with Crippen LogP contribution >= 0.6 is 11.3 Å². The fourth-order valence-electron chi connectivity index (χ4n) is 3.04. The van der Waals surface area contributed by atoms with Gasteiger partial charge in [-0.1, -0.05) is 0 Å². The van der Waals surface area contributed by atoms with E-state index in [0.29, 0.717) is 19.5 Å². The minimum atomic E-state index is -0.522. The number of aryl methyl sites for hydroxylation is 2. The maximum atomic E-state index is 12.9. The molecule has 6 nitrogen and oxygen atoms in total. The van der Waals surface area contributed by atoms with Crippen molar-refractivity contribution in [3.8, 4) is 0 Å². The summed E-state index contributed by atoms with van der Waals surface area (Å²) in [5.74, 6) is -0.0988. The Balaban J connectivity index is 1.99. The van der Waals surface area contributed by atoms with E-state index in [1.165, 1.54) is 0 Å². The number of carbonyl (C=O) groups is 2. The van der Waals surface area contributed by atoms with Crippen molar-refractivity contribution in [3.05, 3.63) is 15.6 Å². The van der Waals surface area contributed by atoms with Crippen molar-refractivity contribution in [1.82, 2.24) is 14.8 Å². The second-order valence-corrected chi connectivity index (χ2v) is 8.95. The molecule has 1 fully saturated rings. The molecular weight excluding hydrogens is 338 g/mol. The van der Waals surface area contributed by atoms with Crippen LogP contribution in [0.4, 0.5) is 4.79 Å². The number of carbonyl (C=O) groups excluding carboxylic acids is 2. The zero-order chi connectivity index (χ0) is 18.9. The third-order valence-corrected chi connectivity index (χ3v) is 5.68. The third kappa shape index (κ3) is 4.71. The SMILES string of the molecule is Cc1nc(C)c(C(C)N(C)C(=O)C2CCN(C(=O)OC(C)(C)C)C2)s1. The first-order valence-electron chi connectivity index (χ1n) is 8.68. The number of amides is 2. The van der Waals surface area contributed by atoms with Gasteiger partial charge in [0.25, 0.3) is 0 Å². The lowest BCUT2D eigenvalue weighted by Gasteiger charge is -2.28. The van der Waals surface area contributed by atoms with Crippen LogP contribution in [0.1, 0.15) is 55.7 Å². The smallest absolute Gasteiger partial charge is 0.410 e. The van der Waals surface area contributed by atoms with Gasteiger partial charge in [-0.3, -0.25) is 4.79 Å². The normalized spacial score (nSPS) is 19.0. The summed E-state index contributed by atoms with van der Waals surface area (Å²) in [6.07, 6.45) is 0.336. The van der Waals surface area contributed by atoms with Gasteiger partial charge in [0.2, 0.25) is 5.91 Å². The molecule has 1 saturated heterocycles. The molecule has 2 amide bonds. The van der Waals surface area contributed by atoms with Gasteiger partial charge in [-0.15, -0.1) is 11.3 Å². The Morgan fingerprint density at radius 1 is 1.36 bits per heavy atom. The summed E-state index contributed by atoms with van der Waals surface area (Å²) in [5, 5.41) is 1.01. The molecular formula is C18H29N3O3S. The van der Waals surface area contributed by atoms with Crippen molar-refractivity contribution in [2.24, 2.45) is 5.92 Å². The van der Waals surface area contributed by atoms with E-state index in [9.17, 15) is 9.59 Å². The van der Waals surface area contributed by atoms with Gasteiger partial charge >= 0.3 is 6.09 Å². The van der Waals surface area contributed by atoms with Crippen molar-refractivity contribution < 1.29 is 14.3 Å². The summed E-state index contributed by atoms with van der Waals surface area (Å²) in [5.41, 5.74) is 0.461. The van der Waals surface area contributed by atoms with Crippen LogP contribution in [-0.2, 0) is 9.53 Å². The summed E-state index contributed by atoms with van der Waals surface area (Å²) in [4.78, 5) is 34.0. The summed E-state index contributed by atoms with van der Waals surface area (Å²) in [7, 11) is 1.83. The van der Waals surface area contributed by atoms with Crippen LogP contribution in [0.5, 0.6) is 0 Å². The Bertz CT molecular complexity index is 650. The van der Waals surface area contributed by atoms with Crippen LogP contribution in [0.2, 0.25) is 0 Å². The summed E-state index contributed by atoms with van der Waals surface area (Å²) >= 11 is 1.63. The fourth-order valence-corrected chi connectivity index (χ4v) is 4.07. The van der Waals surface area contributed by atoms with Crippen molar-refractivity contribution in [2.75, 3.05) is 20.1 Å². The minimum absolute atomic E-state index is 0.0192. The van der Waals surface area contributed by atoms with E-state index in [0.717, 1.165) is 15.6 Å². The van der Waals surface area contributed by atoms with Crippen LogP contribution in [-0.4, -0.2) is 52.5 Å². The second kappa shape index (κ2) is 7.32. The molecule has 0 spiro atoms. The van der Waals surface area contributed by atoms with Crippen LogP contribution in [0.25, 0.3) is 0 Å². The number of ether oxygens (including phenoxy) is 1. The van der Waals surface area contributed by atoms with Gasteiger partial charge in [-0.25, -0.2) is 9.78 Å². The molecule has 2 unspecified atom stereocenters. The largest absolute Gasteiger partial charge is 0.444 e. The van der Waals surface area contributed by atoms with E-state index in [-0.39, 0.29) is 24.0 Å². The molecule has 7 heteroatoms. The topological polar surface area (TPSA) is 62.7 Å². The minimum Gasteiger partial charge on any atom is -0.444 e. The molecule has 2 atom stereocenters. The van der Waals surface area contributed by atoms with Gasteiger partial charge < -0.3 is 14.5 Å². The first-order chi connectivity index (χ1) is 11.5. The lowest BCUT2D eigenvalue weighted by atomic mass is 10.1. The molecule has 0 aliphatic carbocycles. The zero-order valence-electron chi connectivity index (χ0n) is 16.3. The molecule has 1 aliphatic rings. The summed E-state index contributed by atoms with van der Waals surface area (Å²) in [6.45, 7) is 12.5. The summed E-state index contributed by atoms with van der Waals surface area (Å²) < 4.78 is 5.40. The number of hydrogen-bond donors (Lipinski definition) is 0. The molecule has 0 radical (unpaired) electrons. The lowest BCUT2D eigenvalue weighted by molar-refractivity contribution is -0.135. The van der Waals surface area contributed by atoms with Gasteiger partial charge in [0, 0.05) is 25.0 Å². The summed E-state index contributed by atoms with van der Waals surface area (Å²) in [6, 6.07) is -0.0192. The monoisotopic (exact) mass is 367 g/mol. The van der Waals surface area contributed by atoms with E-state index in [4.69, 9.17) is 4.74 Å². The van der Waals surface area contributed by atoms with E-state index >= 15 is 0 Å². The van der Waals surface area contributed by atoms with Crippen molar-refractivity contribution in [1.29, 1.82) is 0 Å². The number of hydrogen-bond acceptors (Lipinski definition) is 5. The Morgan fingerprint density at radius 2 is 2.00 bits per heavy atom. The average Bonchev–Trinajstić information content (AvgIpc) is 3.10. The molecule has 2 heterocycles. The van der Waals surface area contributed by atoms with Crippen molar-refractivity contribution in [3.63, 3.8) is 0 Å². The number of thiazole rings is 1. The Kier molecular flexibility index (Phi) is 5.76. The molecule has 1 aromatic heterocycles. The van der Waals surface area contributed by atoms with Crippen molar-refractivity contribution >= 4 is 23.3 Å². The third-order valence-electron chi connectivity index (χ3n) is 4.44. The first kappa shape index (κ1) is 19.7. The van der Waals surface area contributed by atoms with Crippen LogP contribution in [0.15, 0.2) is 0 Å². The van der Waals surface area contributed by atoms with Crippen molar-refractivity contribution in [2.45, 2.75) is 59.6 Å². The van der Waals surface area contributed by atoms with Crippen LogP contribution in [0, 0.1) is 19.8 Å².